The molecule has 1 saturated heterocycles. The Labute approximate surface area is 91.4 Å². The molecule has 1 unspecified atom stereocenters. The predicted octanol–water partition coefficient (Wildman–Crippen LogP) is 0.623. The first-order valence-electron chi connectivity index (χ1n) is 4.85. The van der Waals surface area contributed by atoms with Crippen LogP contribution in [0.4, 0.5) is 5.82 Å². The number of anilines is 1. The van der Waals surface area contributed by atoms with Crippen LogP contribution in [0.2, 0.25) is 0 Å². The number of nitrogens with two attached hydrogens (primary N) is 1. The molecular formula is C9H13N3O2S. The van der Waals surface area contributed by atoms with Crippen molar-refractivity contribution < 1.29 is 4.74 Å². The number of nitrogen functional groups attached to an aromatic ring is 1. The van der Waals surface area contributed by atoms with E-state index in [-0.39, 0.29) is 17.5 Å². The fraction of sp³-hybridized carbons (Fsp3) is 0.556. The number of nitrogens with one attached hydrogen (secondary N) is 1. The number of nitrogens with zero attached hydrogens (tertiary/aromatic N) is 1. The van der Waals surface area contributed by atoms with E-state index in [1.807, 2.05) is 0 Å². The van der Waals surface area contributed by atoms with Gasteiger partial charge in [0.05, 0.1) is 6.10 Å². The van der Waals surface area contributed by atoms with Gasteiger partial charge in [-0.2, -0.15) is 0 Å². The van der Waals surface area contributed by atoms with E-state index in [0.29, 0.717) is 5.16 Å². The lowest BCUT2D eigenvalue weighted by Crippen LogP contribution is -2.12. The molecule has 0 amide bonds. The molecular weight excluding hydrogens is 214 g/mol. The second kappa shape index (κ2) is 4.67. The highest BCUT2D eigenvalue weighted by Crippen LogP contribution is 2.20. The number of aromatic nitrogens is 2. The van der Waals surface area contributed by atoms with E-state index >= 15 is 0 Å². The molecule has 2 rings (SSSR count). The van der Waals surface area contributed by atoms with Gasteiger partial charge in [0.1, 0.15) is 5.82 Å². The lowest BCUT2D eigenvalue weighted by molar-refractivity contribution is 0.129. The van der Waals surface area contributed by atoms with Crippen molar-refractivity contribution in [2.24, 2.45) is 0 Å². The fourth-order valence-electron chi connectivity index (χ4n) is 1.47. The van der Waals surface area contributed by atoms with Crippen LogP contribution in [0, 0.1) is 0 Å². The molecule has 1 aliphatic rings. The van der Waals surface area contributed by atoms with E-state index in [0.717, 1.165) is 25.2 Å². The molecule has 1 aromatic heterocycles. The molecule has 0 bridgehead atoms. The molecule has 0 spiro atoms. The molecule has 0 aliphatic carbocycles. The summed E-state index contributed by atoms with van der Waals surface area (Å²) in [6, 6.07) is 1.27. The molecule has 1 atom stereocenters. The molecule has 2 heterocycles. The van der Waals surface area contributed by atoms with E-state index in [1.54, 1.807) is 0 Å². The van der Waals surface area contributed by atoms with Crippen molar-refractivity contribution in [2.45, 2.75) is 24.1 Å². The molecule has 0 aromatic carbocycles. The van der Waals surface area contributed by atoms with Crippen molar-refractivity contribution in [3.63, 3.8) is 0 Å². The van der Waals surface area contributed by atoms with Crippen molar-refractivity contribution >= 4 is 17.6 Å². The van der Waals surface area contributed by atoms with E-state index < -0.39 is 0 Å². The van der Waals surface area contributed by atoms with E-state index in [9.17, 15) is 4.79 Å². The number of aromatic amines is 1. The van der Waals surface area contributed by atoms with Gasteiger partial charge >= 0.3 is 0 Å². The van der Waals surface area contributed by atoms with Gasteiger partial charge in [0, 0.05) is 18.4 Å². The van der Waals surface area contributed by atoms with E-state index in [2.05, 4.69) is 9.97 Å². The fourth-order valence-corrected chi connectivity index (χ4v) is 2.42. The maximum absolute atomic E-state index is 11.1. The zero-order valence-corrected chi connectivity index (χ0v) is 9.05. The van der Waals surface area contributed by atoms with Crippen LogP contribution in [0.15, 0.2) is 16.0 Å². The molecule has 15 heavy (non-hydrogen) atoms. The maximum Gasteiger partial charge on any atom is 0.253 e. The van der Waals surface area contributed by atoms with Gasteiger partial charge in [0.25, 0.3) is 5.56 Å². The SMILES string of the molecule is Nc1cc(=O)[nH]c(SCC2CCCO2)n1. The predicted molar refractivity (Wildman–Crippen MR) is 59.0 cm³/mol. The third-order valence-corrected chi connectivity index (χ3v) is 3.17. The smallest absolute Gasteiger partial charge is 0.253 e. The van der Waals surface area contributed by atoms with Crippen molar-refractivity contribution in [1.82, 2.24) is 9.97 Å². The standard InChI is InChI=1S/C9H13N3O2S/c10-7-4-8(13)12-9(11-7)15-5-6-2-1-3-14-6/h4,6H,1-3,5H2,(H3,10,11,12,13). The number of ether oxygens (including phenoxy) is 1. The summed E-state index contributed by atoms with van der Waals surface area (Å²) in [5, 5.41) is 0.565. The summed E-state index contributed by atoms with van der Waals surface area (Å²) in [7, 11) is 0. The van der Waals surface area contributed by atoms with Gasteiger partial charge in [-0.25, -0.2) is 4.98 Å². The molecule has 0 saturated carbocycles. The molecule has 82 valence electrons. The van der Waals surface area contributed by atoms with Crippen LogP contribution in [0.3, 0.4) is 0 Å². The van der Waals surface area contributed by atoms with Crippen LogP contribution in [-0.2, 0) is 4.74 Å². The van der Waals surface area contributed by atoms with Gasteiger partial charge in [0.2, 0.25) is 0 Å². The lowest BCUT2D eigenvalue weighted by Gasteiger charge is -2.07. The molecule has 3 N–H and O–H groups in total. The van der Waals surface area contributed by atoms with Gasteiger partial charge < -0.3 is 15.5 Å². The molecule has 5 nitrogen and oxygen atoms in total. The van der Waals surface area contributed by atoms with Crippen LogP contribution >= 0.6 is 11.8 Å². The average Bonchev–Trinajstić information content (AvgIpc) is 2.65. The summed E-state index contributed by atoms with van der Waals surface area (Å²) >= 11 is 1.47. The third kappa shape index (κ3) is 2.97. The summed E-state index contributed by atoms with van der Waals surface area (Å²) in [6.45, 7) is 0.839. The maximum atomic E-state index is 11.1. The number of hydrogen-bond donors (Lipinski definition) is 2. The zero-order valence-electron chi connectivity index (χ0n) is 8.23. The van der Waals surface area contributed by atoms with Crippen LogP contribution < -0.4 is 11.3 Å². The Balaban J connectivity index is 1.95. The first kappa shape index (κ1) is 10.5. The minimum Gasteiger partial charge on any atom is -0.383 e. The summed E-state index contributed by atoms with van der Waals surface area (Å²) in [6.07, 6.45) is 2.48. The lowest BCUT2D eigenvalue weighted by atomic mass is 10.3. The minimum atomic E-state index is -0.211. The monoisotopic (exact) mass is 227 g/mol. The van der Waals surface area contributed by atoms with Crippen molar-refractivity contribution in [3.8, 4) is 0 Å². The summed E-state index contributed by atoms with van der Waals surface area (Å²) in [4.78, 5) is 17.7. The third-order valence-electron chi connectivity index (χ3n) is 2.17. The van der Waals surface area contributed by atoms with Crippen molar-refractivity contribution in [2.75, 3.05) is 18.1 Å². The van der Waals surface area contributed by atoms with Gasteiger partial charge in [-0.05, 0) is 12.8 Å². The van der Waals surface area contributed by atoms with Crippen LogP contribution in [0.1, 0.15) is 12.8 Å². The summed E-state index contributed by atoms with van der Waals surface area (Å²) < 4.78 is 5.46. The van der Waals surface area contributed by atoms with Crippen LogP contribution in [0.25, 0.3) is 0 Å². The quantitative estimate of drug-likeness (QED) is 0.584. The van der Waals surface area contributed by atoms with Gasteiger partial charge in [0.15, 0.2) is 5.16 Å². The van der Waals surface area contributed by atoms with Crippen molar-refractivity contribution in [1.29, 1.82) is 0 Å². The first-order valence-corrected chi connectivity index (χ1v) is 5.84. The Morgan fingerprint density at radius 1 is 1.73 bits per heavy atom. The summed E-state index contributed by atoms with van der Waals surface area (Å²) in [5.41, 5.74) is 5.26. The summed E-state index contributed by atoms with van der Waals surface area (Å²) in [5.74, 6) is 1.07. The Kier molecular flexibility index (Phi) is 3.27. The Hall–Kier alpha value is -1.01. The Bertz CT molecular complexity index is 387. The van der Waals surface area contributed by atoms with Crippen molar-refractivity contribution in [3.05, 3.63) is 16.4 Å². The highest BCUT2D eigenvalue weighted by atomic mass is 32.2. The number of thioether (sulfide) groups is 1. The molecule has 1 aromatic rings. The van der Waals surface area contributed by atoms with E-state index in [1.165, 1.54) is 17.8 Å². The van der Waals surface area contributed by atoms with E-state index in [4.69, 9.17) is 10.5 Å². The van der Waals surface area contributed by atoms with Gasteiger partial charge in [-0.1, -0.05) is 11.8 Å². The average molecular weight is 227 g/mol. The van der Waals surface area contributed by atoms with Crippen LogP contribution in [-0.4, -0.2) is 28.4 Å². The van der Waals surface area contributed by atoms with Gasteiger partial charge in [-0.3, -0.25) is 4.79 Å². The molecule has 1 aliphatic heterocycles. The first-order chi connectivity index (χ1) is 7.24. The Morgan fingerprint density at radius 3 is 3.27 bits per heavy atom. The minimum absolute atomic E-state index is 0.211. The normalized spacial score (nSPS) is 20.7. The highest BCUT2D eigenvalue weighted by Gasteiger charge is 2.16. The molecule has 1 fully saturated rings. The highest BCUT2D eigenvalue weighted by molar-refractivity contribution is 7.99. The second-order valence-electron chi connectivity index (χ2n) is 3.42. The number of H-pyrrole nitrogens is 1. The largest absolute Gasteiger partial charge is 0.383 e. The Morgan fingerprint density at radius 2 is 2.60 bits per heavy atom. The van der Waals surface area contributed by atoms with Gasteiger partial charge in [-0.15, -0.1) is 0 Å². The van der Waals surface area contributed by atoms with Crippen LogP contribution in [0.5, 0.6) is 0 Å². The second-order valence-corrected chi connectivity index (χ2v) is 4.43. The topological polar surface area (TPSA) is 81.0 Å². The molecule has 0 radical (unpaired) electrons. The molecule has 6 heteroatoms. The number of rotatable bonds is 3. The zero-order chi connectivity index (χ0) is 10.7. The number of hydrogen-bond acceptors (Lipinski definition) is 5.